The third-order valence-corrected chi connectivity index (χ3v) is 3.34. The maximum absolute atomic E-state index is 13.1. The van der Waals surface area contributed by atoms with Gasteiger partial charge in [0.25, 0.3) is 0 Å². The van der Waals surface area contributed by atoms with Gasteiger partial charge in [0.2, 0.25) is 5.91 Å². The quantitative estimate of drug-likeness (QED) is 0.859. The third-order valence-electron chi connectivity index (χ3n) is 3.34. The van der Waals surface area contributed by atoms with E-state index in [0.717, 1.165) is 11.1 Å². The van der Waals surface area contributed by atoms with Crippen LogP contribution >= 0.6 is 0 Å². The van der Waals surface area contributed by atoms with E-state index >= 15 is 0 Å². The molecular weight excluding hydrogens is 267 g/mol. The van der Waals surface area contributed by atoms with E-state index in [2.05, 4.69) is 0 Å². The first-order chi connectivity index (χ1) is 10.0. The molecular formula is C17H19FN2O. The summed E-state index contributed by atoms with van der Waals surface area (Å²) >= 11 is 0. The first kappa shape index (κ1) is 15.0. The van der Waals surface area contributed by atoms with Gasteiger partial charge in [-0.05, 0) is 41.8 Å². The number of hydrogen-bond acceptors (Lipinski definition) is 2. The molecule has 0 aromatic heterocycles. The molecule has 2 aromatic rings. The van der Waals surface area contributed by atoms with Crippen molar-refractivity contribution in [1.29, 1.82) is 0 Å². The Kier molecular flexibility index (Phi) is 4.93. The van der Waals surface area contributed by atoms with E-state index in [1.165, 1.54) is 12.1 Å². The molecule has 0 spiro atoms. The van der Waals surface area contributed by atoms with E-state index in [4.69, 9.17) is 5.73 Å². The molecule has 2 aromatic carbocycles. The molecule has 0 saturated carbocycles. The molecule has 0 aliphatic heterocycles. The zero-order valence-electron chi connectivity index (χ0n) is 12.1. The number of nitrogens with two attached hydrogens (primary N) is 1. The summed E-state index contributed by atoms with van der Waals surface area (Å²) in [5.74, 6) is -0.244. The molecule has 0 aliphatic carbocycles. The predicted molar refractivity (Wildman–Crippen MR) is 82.0 cm³/mol. The zero-order chi connectivity index (χ0) is 15.2. The topological polar surface area (TPSA) is 46.3 Å². The molecule has 3 nitrogen and oxygen atoms in total. The highest BCUT2D eigenvalue weighted by Gasteiger charge is 2.09. The number of nitrogens with zero attached hydrogens (tertiary/aromatic N) is 1. The molecule has 0 aliphatic rings. The van der Waals surface area contributed by atoms with Gasteiger partial charge in [0.1, 0.15) is 5.82 Å². The number of halogens is 1. The zero-order valence-corrected chi connectivity index (χ0v) is 12.1. The van der Waals surface area contributed by atoms with Gasteiger partial charge < -0.3 is 10.6 Å². The summed E-state index contributed by atoms with van der Waals surface area (Å²) in [5, 5.41) is 0. The monoisotopic (exact) mass is 286 g/mol. The molecule has 2 N–H and O–H groups in total. The fourth-order valence-corrected chi connectivity index (χ4v) is 2.12. The molecule has 21 heavy (non-hydrogen) atoms. The molecule has 4 heteroatoms. The molecule has 2 rings (SSSR count). The number of amides is 1. The van der Waals surface area contributed by atoms with Crippen LogP contribution in [0.2, 0.25) is 0 Å². The largest absolute Gasteiger partial charge is 0.399 e. The van der Waals surface area contributed by atoms with E-state index in [1.54, 1.807) is 18.0 Å². The lowest BCUT2D eigenvalue weighted by Crippen LogP contribution is -2.26. The smallest absolute Gasteiger partial charge is 0.222 e. The van der Waals surface area contributed by atoms with Gasteiger partial charge >= 0.3 is 0 Å². The highest BCUT2D eigenvalue weighted by molar-refractivity contribution is 5.76. The SMILES string of the molecule is CN(Cc1cccc(F)c1)C(=O)CCc1ccc(N)cc1. The Labute approximate surface area is 124 Å². The van der Waals surface area contributed by atoms with Crippen molar-refractivity contribution < 1.29 is 9.18 Å². The van der Waals surface area contributed by atoms with Crippen LogP contribution in [0.3, 0.4) is 0 Å². The number of benzene rings is 2. The van der Waals surface area contributed by atoms with E-state index in [0.29, 0.717) is 25.1 Å². The number of carbonyl (C=O) groups excluding carboxylic acids is 1. The average molecular weight is 286 g/mol. The second kappa shape index (κ2) is 6.88. The van der Waals surface area contributed by atoms with Gasteiger partial charge in [-0.2, -0.15) is 0 Å². The van der Waals surface area contributed by atoms with Crippen LogP contribution in [0.1, 0.15) is 17.5 Å². The summed E-state index contributed by atoms with van der Waals surface area (Å²) in [6.45, 7) is 0.415. The van der Waals surface area contributed by atoms with Gasteiger partial charge in [-0.25, -0.2) is 4.39 Å². The molecule has 0 bridgehead atoms. The minimum atomic E-state index is -0.282. The second-order valence-corrected chi connectivity index (χ2v) is 5.12. The minimum absolute atomic E-state index is 0.0380. The Balaban J connectivity index is 1.86. The first-order valence-electron chi connectivity index (χ1n) is 6.87. The number of anilines is 1. The molecule has 1 amide bonds. The summed E-state index contributed by atoms with van der Waals surface area (Å²) < 4.78 is 13.1. The van der Waals surface area contributed by atoms with Crippen molar-refractivity contribution in [3.63, 3.8) is 0 Å². The maximum Gasteiger partial charge on any atom is 0.222 e. The molecule has 0 saturated heterocycles. The van der Waals surface area contributed by atoms with E-state index in [1.807, 2.05) is 30.3 Å². The van der Waals surface area contributed by atoms with Gasteiger partial charge in [-0.15, -0.1) is 0 Å². The Hall–Kier alpha value is -2.36. The Morgan fingerprint density at radius 2 is 1.86 bits per heavy atom. The van der Waals surface area contributed by atoms with Crippen molar-refractivity contribution >= 4 is 11.6 Å². The number of carbonyl (C=O) groups is 1. The summed E-state index contributed by atoms with van der Waals surface area (Å²) in [7, 11) is 1.73. The Morgan fingerprint density at radius 1 is 1.14 bits per heavy atom. The minimum Gasteiger partial charge on any atom is -0.399 e. The van der Waals surface area contributed by atoms with Gasteiger partial charge in [0, 0.05) is 25.7 Å². The summed E-state index contributed by atoms with van der Waals surface area (Å²) in [6, 6.07) is 13.8. The molecule has 0 heterocycles. The van der Waals surface area contributed by atoms with Crippen LogP contribution in [0.5, 0.6) is 0 Å². The van der Waals surface area contributed by atoms with Crippen LogP contribution in [0.25, 0.3) is 0 Å². The van der Waals surface area contributed by atoms with Crippen molar-refractivity contribution in [2.45, 2.75) is 19.4 Å². The molecule has 0 atom stereocenters. The third kappa shape index (κ3) is 4.60. The number of rotatable bonds is 5. The van der Waals surface area contributed by atoms with Gasteiger partial charge in [-0.3, -0.25) is 4.79 Å². The highest BCUT2D eigenvalue weighted by atomic mass is 19.1. The highest BCUT2D eigenvalue weighted by Crippen LogP contribution is 2.10. The van der Waals surface area contributed by atoms with Crippen molar-refractivity contribution in [2.24, 2.45) is 0 Å². The molecule has 0 radical (unpaired) electrons. The van der Waals surface area contributed by atoms with E-state index < -0.39 is 0 Å². The lowest BCUT2D eigenvalue weighted by Gasteiger charge is -2.17. The standard InChI is InChI=1S/C17H19FN2O/c1-20(12-14-3-2-4-15(18)11-14)17(21)10-7-13-5-8-16(19)9-6-13/h2-6,8-9,11H,7,10,12,19H2,1H3. The van der Waals surface area contributed by atoms with Crippen LogP contribution in [-0.4, -0.2) is 17.9 Å². The van der Waals surface area contributed by atoms with Crippen LogP contribution in [0.4, 0.5) is 10.1 Å². The summed E-state index contributed by atoms with van der Waals surface area (Å²) in [5.41, 5.74) is 8.21. The van der Waals surface area contributed by atoms with Crippen molar-refractivity contribution in [3.8, 4) is 0 Å². The Bertz CT molecular complexity index is 610. The van der Waals surface area contributed by atoms with Gasteiger partial charge in [0.15, 0.2) is 0 Å². The summed E-state index contributed by atoms with van der Waals surface area (Å²) in [4.78, 5) is 13.7. The summed E-state index contributed by atoms with van der Waals surface area (Å²) in [6.07, 6.45) is 1.10. The maximum atomic E-state index is 13.1. The number of nitrogen functional groups attached to an aromatic ring is 1. The number of aryl methyl sites for hydroxylation is 1. The first-order valence-corrected chi connectivity index (χ1v) is 6.87. The van der Waals surface area contributed by atoms with Crippen LogP contribution in [0, 0.1) is 5.82 Å². The van der Waals surface area contributed by atoms with Gasteiger partial charge in [-0.1, -0.05) is 24.3 Å². The van der Waals surface area contributed by atoms with Crippen LogP contribution < -0.4 is 5.73 Å². The second-order valence-electron chi connectivity index (χ2n) is 5.12. The fraction of sp³-hybridized carbons (Fsp3) is 0.235. The Morgan fingerprint density at radius 3 is 2.52 bits per heavy atom. The predicted octanol–water partition coefficient (Wildman–Crippen LogP) is 3.00. The van der Waals surface area contributed by atoms with E-state index in [-0.39, 0.29) is 11.7 Å². The van der Waals surface area contributed by atoms with Crippen LogP contribution in [-0.2, 0) is 17.8 Å². The number of hydrogen-bond donors (Lipinski definition) is 1. The molecule has 110 valence electrons. The molecule has 0 unspecified atom stereocenters. The van der Waals surface area contributed by atoms with Crippen molar-refractivity contribution in [3.05, 3.63) is 65.5 Å². The van der Waals surface area contributed by atoms with Gasteiger partial charge in [0.05, 0.1) is 0 Å². The van der Waals surface area contributed by atoms with E-state index in [9.17, 15) is 9.18 Å². The van der Waals surface area contributed by atoms with Crippen molar-refractivity contribution in [1.82, 2.24) is 4.90 Å². The molecule has 0 fully saturated rings. The normalized spacial score (nSPS) is 10.4. The van der Waals surface area contributed by atoms with Crippen molar-refractivity contribution in [2.75, 3.05) is 12.8 Å². The fourth-order valence-electron chi connectivity index (χ4n) is 2.12. The van der Waals surface area contributed by atoms with Crippen LogP contribution in [0.15, 0.2) is 48.5 Å². The lowest BCUT2D eigenvalue weighted by molar-refractivity contribution is -0.130. The average Bonchev–Trinajstić information content (AvgIpc) is 2.46. The lowest BCUT2D eigenvalue weighted by atomic mass is 10.1.